The van der Waals surface area contributed by atoms with E-state index in [1.807, 2.05) is 6.07 Å². The second-order valence-electron chi connectivity index (χ2n) is 7.15. The van der Waals surface area contributed by atoms with Gasteiger partial charge in [0.25, 0.3) is 0 Å². The summed E-state index contributed by atoms with van der Waals surface area (Å²) in [5, 5.41) is 4.12. The molecule has 0 aliphatic carbocycles. The van der Waals surface area contributed by atoms with Gasteiger partial charge < -0.3 is 9.51 Å². The minimum atomic E-state index is -0.000468. The number of rotatable bonds is 6. The first-order valence-electron chi connectivity index (χ1n) is 9.76. The maximum Gasteiger partial charge on any atom is 0.244 e. The molecule has 1 atom stereocenters. The van der Waals surface area contributed by atoms with E-state index in [9.17, 15) is 0 Å². The molecule has 8 heteroatoms. The Morgan fingerprint density at radius 1 is 1.14 bits per heavy atom. The van der Waals surface area contributed by atoms with Crippen LogP contribution in [0, 0.1) is 0 Å². The molecule has 1 N–H and O–H groups in total. The molecule has 1 aliphatic heterocycles. The van der Waals surface area contributed by atoms with Crippen molar-refractivity contribution in [1.82, 2.24) is 35.0 Å². The van der Waals surface area contributed by atoms with Crippen LogP contribution in [0.15, 0.2) is 59.8 Å². The molecule has 4 aromatic rings. The Morgan fingerprint density at radius 2 is 2.07 bits per heavy atom. The number of benzene rings is 1. The molecule has 29 heavy (non-hydrogen) atoms. The predicted molar refractivity (Wildman–Crippen MR) is 106 cm³/mol. The zero-order chi connectivity index (χ0) is 19.5. The molecule has 1 aromatic carbocycles. The van der Waals surface area contributed by atoms with Crippen LogP contribution >= 0.6 is 0 Å². The molecule has 146 valence electrons. The van der Waals surface area contributed by atoms with Crippen molar-refractivity contribution in [2.45, 2.75) is 31.8 Å². The van der Waals surface area contributed by atoms with Crippen molar-refractivity contribution in [2.24, 2.45) is 0 Å². The maximum atomic E-state index is 5.64. The smallest absolute Gasteiger partial charge is 0.244 e. The van der Waals surface area contributed by atoms with Crippen molar-refractivity contribution in [3.05, 3.63) is 78.1 Å². The van der Waals surface area contributed by atoms with Gasteiger partial charge in [0.1, 0.15) is 5.69 Å². The minimum absolute atomic E-state index is 0.000468. The van der Waals surface area contributed by atoms with Crippen molar-refractivity contribution < 1.29 is 4.52 Å². The van der Waals surface area contributed by atoms with Crippen molar-refractivity contribution in [3.8, 4) is 11.5 Å². The highest BCUT2D eigenvalue weighted by molar-refractivity contribution is 5.45. The first-order chi connectivity index (χ1) is 14.4. The van der Waals surface area contributed by atoms with Gasteiger partial charge in [0.05, 0.1) is 30.0 Å². The standard InChI is InChI=1S/C21H21N7O/c1-2-5-15(6-3-1)7-4-10-28-13-18-16(24-14-25-18)11-19(28)21-26-20(27-29-21)17-12-22-8-9-23-17/h1-3,5-6,8-9,12,14,19H,4,7,10-11,13H2,(H,24,25)/t19-/m0/s1. The van der Waals surface area contributed by atoms with E-state index in [-0.39, 0.29) is 6.04 Å². The van der Waals surface area contributed by atoms with E-state index in [2.05, 4.69) is 59.2 Å². The fraction of sp³-hybridized carbons (Fsp3) is 0.286. The Morgan fingerprint density at radius 3 is 2.93 bits per heavy atom. The molecule has 0 radical (unpaired) electrons. The van der Waals surface area contributed by atoms with Gasteiger partial charge in [-0.25, -0.2) is 9.97 Å². The molecule has 0 spiro atoms. The lowest BCUT2D eigenvalue weighted by Gasteiger charge is -2.32. The maximum absolute atomic E-state index is 5.64. The lowest BCUT2D eigenvalue weighted by Crippen LogP contribution is -2.35. The van der Waals surface area contributed by atoms with Gasteiger partial charge in [-0.3, -0.25) is 9.88 Å². The van der Waals surface area contributed by atoms with Crippen LogP contribution in [0.4, 0.5) is 0 Å². The molecule has 0 unspecified atom stereocenters. The molecule has 1 aliphatic rings. The number of imidazole rings is 1. The number of aromatic amines is 1. The van der Waals surface area contributed by atoms with Crippen LogP contribution < -0.4 is 0 Å². The highest BCUT2D eigenvalue weighted by Gasteiger charge is 2.33. The Hall–Kier alpha value is -3.39. The van der Waals surface area contributed by atoms with Crippen molar-refractivity contribution in [3.63, 3.8) is 0 Å². The molecule has 0 fully saturated rings. The van der Waals surface area contributed by atoms with Gasteiger partial charge in [-0.15, -0.1) is 0 Å². The Bertz CT molecular complexity index is 1060. The topological polar surface area (TPSA) is 96.6 Å². The monoisotopic (exact) mass is 387 g/mol. The number of nitrogens with zero attached hydrogens (tertiary/aromatic N) is 6. The van der Waals surface area contributed by atoms with Crippen LogP contribution in [0.25, 0.3) is 11.5 Å². The Labute approximate surface area is 168 Å². The quantitative estimate of drug-likeness (QED) is 0.543. The SMILES string of the molecule is c1ccc(CCCN2Cc3[nH]cnc3C[C@H]2c2nc(-c3cnccn3)no2)cc1. The lowest BCUT2D eigenvalue weighted by molar-refractivity contribution is 0.134. The third kappa shape index (κ3) is 3.79. The fourth-order valence-corrected chi connectivity index (χ4v) is 3.79. The van der Waals surface area contributed by atoms with Crippen LogP contribution in [-0.2, 0) is 19.4 Å². The van der Waals surface area contributed by atoms with Gasteiger partial charge in [-0.2, -0.15) is 4.98 Å². The van der Waals surface area contributed by atoms with Gasteiger partial charge in [-0.1, -0.05) is 35.5 Å². The first kappa shape index (κ1) is 17.7. The van der Waals surface area contributed by atoms with Crippen molar-refractivity contribution in [2.75, 3.05) is 6.54 Å². The van der Waals surface area contributed by atoms with E-state index in [0.717, 1.165) is 43.7 Å². The number of fused-ring (bicyclic) bond motifs is 1. The summed E-state index contributed by atoms with van der Waals surface area (Å²) in [6.45, 7) is 1.72. The summed E-state index contributed by atoms with van der Waals surface area (Å²) in [4.78, 5) is 23.1. The second-order valence-corrected chi connectivity index (χ2v) is 7.15. The molecule has 5 rings (SSSR count). The third-order valence-corrected chi connectivity index (χ3v) is 5.27. The van der Waals surface area contributed by atoms with E-state index in [1.54, 1.807) is 24.9 Å². The first-order valence-corrected chi connectivity index (χ1v) is 9.76. The van der Waals surface area contributed by atoms with Crippen LogP contribution in [-0.4, -0.2) is 41.5 Å². The van der Waals surface area contributed by atoms with Crippen LogP contribution in [0.2, 0.25) is 0 Å². The van der Waals surface area contributed by atoms with Gasteiger partial charge >= 0.3 is 0 Å². The van der Waals surface area contributed by atoms with E-state index >= 15 is 0 Å². The average molecular weight is 387 g/mol. The summed E-state index contributed by atoms with van der Waals surface area (Å²) in [7, 11) is 0. The van der Waals surface area contributed by atoms with Crippen LogP contribution in [0.5, 0.6) is 0 Å². The van der Waals surface area contributed by atoms with E-state index in [1.165, 1.54) is 5.56 Å². The van der Waals surface area contributed by atoms with E-state index in [0.29, 0.717) is 17.4 Å². The number of hydrogen-bond donors (Lipinski definition) is 1. The molecular weight excluding hydrogens is 366 g/mol. The van der Waals surface area contributed by atoms with Gasteiger partial charge in [0.15, 0.2) is 0 Å². The number of hydrogen-bond acceptors (Lipinski definition) is 7. The zero-order valence-corrected chi connectivity index (χ0v) is 15.9. The molecule has 3 aromatic heterocycles. The molecule has 4 heterocycles. The fourth-order valence-electron chi connectivity index (χ4n) is 3.79. The van der Waals surface area contributed by atoms with E-state index < -0.39 is 0 Å². The molecule has 0 amide bonds. The zero-order valence-electron chi connectivity index (χ0n) is 15.9. The van der Waals surface area contributed by atoms with Crippen molar-refractivity contribution in [1.29, 1.82) is 0 Å². The summed E-state index contributed by atoms with van der Waals surface area (Å²) in [5.74, 6) is 1.06. The third-order valence-electron chi connectivity index (χ3n) is 5.27. The summed E-state index contributed by atoms with van der Waals surface area (Å²) in [6, 6.07) is 10.6. The Balaban J connectivity index is 1.35. The number of nitrogens with one attached hydrogen (secondary N) is 1. The molecule has 0 saturated heterocycles. The normalized spacial score (nSPS) is 16.6. The van der Waals surface area contributed by atoms with Crippen molar-refractivity contribution >= 4 is 0 Å². The minimum Gasteiger partial charge on any atom is -0.347 e. The second kappa shape index (κ2) is 7.92. The summed E-state index contributed by atoms with van der Waals surface area (Å²) in [6.07, 6.45) is 9.47. The van der Waals surface area contributed by atoms with E-state index in [4.69, 9.17) is 4.52 Å². The average Bonchev–Trinajstić information content (AvgIpc) is 3.44. The molecule has 0 bridgehead atoms. The lowest BCUT2D eigenvalue weighted by atomic mass is 10.0. The summed E-state index contributed by atoms with van der Waals surface area (Å²) in [5.41, 5.74) is 4.18. The summed E-state index contributed by atoms with van der Waals surface area (Å²) >= 11 is 0. The van der Waals surface area contributed by atoms with Gasteiger partial charge in [0.2, 0.25) is 11.7 Å². The highest BCUT2D eigenvalue weighted by Crippen LogP contribution is 2.32. The van der Waals surface area contributed by atoms with Gasteiger partial charge in [-0.05, 0) is 24.9 Å². The summed E-state index contributed by atoms with van der Waals surface area (Å²) < 4.78 is 5.64. The highest BCUT2D eigenvalue weighted by atomic mass is 16.5. The number of aromatic nitrogens is 6. The Kier molecular flexibility index (Phi) is 4.83. The van der Waals surface area contributed by atoms with Gasteiger partial charge in [0, 0.05) is 25.4 Å². The van der Waals surface area contributed by atoms with Crippen LogP contribution in [0.1, 0.15) is 35.3 Å². The largest absolute Gasteiger partial charge is 0.347 e. The molecule has 8 nitrogen and oxygen atoms in total. The predicted octanol–water partition coefficient (Wildman–Crippen LogP) is 2.98. The molecule has 0 saturated carbocycles. The number of aryl methyl sites for hydroxylation is 1. The van der Waals surface area contributed by atoms with Crippen LogP contribution in [0.3, 0.4) is 0 Å². The number of H-pyrrole nitrogens is 1. The molecular formula is C21H21N7O.